The van der Waals surface area contributed by atoms with Crippen molar-refractivity contribution in [3.63, 3.8) is 0 Å². The lowest BCUT2D eigenvalue weighted by molar-refractivity contribution is -0.122. The van der Waals surface area contributed by atoms with E-state index in [1.54, 1.807) is 0 Å². The first kappa shape index (κ1) is 12.5. The predicted molar refractivity (Wildman–Crippen MR) is 72.2 cm³/mol. The van der Waals surface area contributed by atoms with E-state index in [9.17, 15) is 4.79 Å². The second-order valence-electron chi connectivity index (χ2n) is 6.52. The number of hydrogen-bond donors (Lipinski definition) is 2. The Morgan fingerprint density at radius 2 is 1.89 bits per heavy atom. The van der Waals surface area contributed by atoms with E-state index < -0.39 is 0 Å². The van der Waals surface area contributed by atoms with E-state index in [4.69, 9.17) is 0 Å². The number of rotatable bonds is 6. The second-order valence-corrected chi connectivity index (χ2v) is 6.52. The Labute approximate surface area is 110 Å². The van der Waals surface area contributed by atoms with Gasteiger partial charge in [-0.05, 0) is 75.8 Å². The van der Waals surface area contributed by atoms with Crippen molar-refractivity contribution >= 4 is 5.91 Å². The molecule has 0 radical (unpaired) electrons. The largest absolute Gasteiger partial charge is 0.353 e. The summed E-state index contributed by atoms with van der Waals surface area (Å²) in [5, 5.41) is 6.75. The minimum Gasteiger partial charge on any atom is -0.353 e. The lowest BCUT2D eigenvalue weighted by Gasteiger charge is -2.23. The van der Waals surface area contributed by atoms with Crippen LogP contribution in [0.2, 0.25) is 0 Å². The van der Waals surface area contributed by atoms with Crippen LogP contribution in [0, 0.1) is 17.8 Å². The summed E-state index contributed by atoms with van der Waals surface area (Å²) < 4.78 is 0. The molecule has 2 N–H and O–H groups in total. The van der Waals surface area contributed by atoms with Crippen molar-refractivity contribution in [2.45, 2.75) is 57.4 Å². The van der Waals surface area contributed by atoms with Gasteiger partial charge in [-0.1, -0.05) is 0 Å². The Morgan fingerprint density at radius 1 is 1.17 bits per heavy atom. The van der Waals surface area contributed by atoms with Gasteiger partial charge in [0.15, 0.2) is 0 Å². The first-order valence-corrected chi connectivity index (χ1v) is 7.83. The molecule has 1 heterocycles. The molecule has 3 fully saturated rings. The fraction of sp³-hybridized carbons (Fsp3) is 0.933. The summed E-state index contributed by atoms with van der Waals surface area (Å²) in [6.45, 7) is 2.27. The molecule has 18 heavy (non-hydrogen) atoms. The lowest BCUT2D eigenvalue weighted by Crippen LogP contribution is -2.38. The van der Waals surface area contributed by atoms with Gasteiger partial charge in [-0.25, -0.2) is 0 Å². The summed E-state index contributed by atoms with van der Waals surface area (Å²) >= 11 is 0. The van der Waals surface area contributed by atoms with E-state index in [2.05, 4.69) is 10.6 Å². The molecule has 1 atom stereocenters. The van der Waals surface area contributed by atoms with E-state index in [1.165, 1.54) is 38.5 Å². The number of hydrogen-bond acceptors (Lipinski definition) is 2. The molecule has 1 saturated heterocycles. The maximum absolute atomic E-state index is 12.0. The van der Waals surface area contributed by atoms with Crippen LogP contribution in [0.25, 0.3) is 0 Å². The number of amides is 1. The van der Waals surface area contributed by atoms with Gasteiger partial charge in [-0.15, -0.1) is 0 Å². The standard InChI is InChI=1S/C15H26N2O/c18-14(8-3-11-2-1-9-16-10-11)17-15(12-4-5-12)13-6-7-13/h11-13,15-16H,1-10H2,(H,17,18). The van der Waals surface area contributed by atoms with Crippen LogP contribution in [0.4, 0.5) is 0 Å². The topological polar surface area (TPSA) is 41.1 Å². The first-order chi connectivity index (χ1) is 8.83. The molecule has 3 rings (SSSR count). The van der Waals surface area contributed by atoms with Crippen molar-refractivity contribution in [3.8, 4) is 0 Å². The molecule has 1 aliphatic heterocycles. The normalized spacial score (nSPS) is 28.4. The molecule has 0 aromatic heterocycles. The number of carbonyl (C=O) groups is 1. The summed E-state index contributed by atoms with van der Waals surface area (Å²) in [6, 6.07) is 0.530. The molecular formula is C15H26N2O. The average molecular weight is 250 g/mol. The van der Waals surface area contributed by atoms with Crippen molar-refractivity contribution in [2.24, 2.45) is 17.8 Å². The zero-order chi connectivity index (χ0) is 12.4. The summed E-state index contributed by atoms with van der Waals surface area (Å²) in [5.41, 5.74) is 0. The molecule has 3 aliphatic rings. The van der Waals surface area contributed by atoms with Crippen LogP contribution >= 0.6 is 0 Å². The van der Waals surface area contributed by atoms with Gasteiger partial charge in [0.1, 0.15) is 0 Å². The van der Waals surface area contributed by atoms with Gasteiger partial charge in [0.2, 0.25) is 5.91 Å². The molecule has 2 aliphatic carbocycles. The van der Waals surface area contributed by atoms with Gasteiger partial charge in [0, 0.05) is 12.5 Å². The van der Waals surface area contributed by atoms with Crippen LogP contribution < -0.4 is 10.6 Å². The molecule has 0 bridgehead atoms. The molecule has 3 nitrogen and oxygen atoms in total. The van der Waals surface area contributed by atoms with E-state index in [1.807, 2.05) is 0 Å². The molecule has 2 saturated carbocycles. The Hall–Kier alpha value is -0.570. The zero-order valence-corrected chi connectivity index (χ0v) is 11.3. The SMILES string of the molecule is O=C(CCC1CCCNC1)NC(C1CC1)C1CC1. The van der Waals surface area contributed by atoms with Crippen molar-refractivity contribution in [2.75, 3.05) is 13.1 Å². The maximum Gasteiger partial charge on any atom is 0.220 e. The third-order valence-electron chi connectivity index (χ3n) is 4.77. The fourth-order valence-corrected chi connectivity index (χ4v) is 3.29. The highest BCUT2D eigenvalue weighted by Gasteiger charge is 2.42. The van der Waals surface area contributed by atoms with Gasteiger partial charge in [0.05, 0.1) is 0 Å². The van der Waals surface area contributed by atoms with Crippen LogP contribution in [0.5, 0.6) is 0 Å². The molecule has 102 valence electrons. The van der Waals surface area contributed by atoms with Gasteiger partial charge < -0.3 is 10.6 Å². The highest BCUT2D eigenvalue weighted by molar-refractivity contribution is 5.76. The van der Waals surface area contributed by atoms with Gasteiger partial charge in [-0.2, -0.15) is 0 Å². The van der Waals surface area contributed by atoms with Gasteiger partial charge in [-0.3, -0.25) is 4.79 Å². The van der Waals surface area contributed by atoms with Crippen LogP contribution in [0.3, 0.4) is 0 Å². The van der Waals surface area contributed by atoms with Crippen LogP contribution in [-0.2, 0) is 4.79 Å². The quantitative estimate of drug-likeness (QED) is 0.758. The predicted octanol–water partition coefficient (Wildman–Crippen LogP) is 2.07. The van der Waals surface area contributed by atoms with Gasteiger partial charge >= 0.3 is 0 Å². The highest BCUT2D eigenvalue weighted by Crippen LogP contribution is 2.44. The number of piperidine rings is 1. The monoisotopic (exact) mass is 250 g/mol. The van der Waals surface area contributed by atoms with Crippen molar-refractivity contribution < 1.29 is 4.79 Å². The van der Waals surface area contributed by atoms with E-state index in [-0.39, 0.29) is 0 Å². The molecular weight excluding hydrogens is 224 g/mol. The van der Waals surface area contributed by atoms with E-state index >= 15 is 0 Å². The highest BCUT2D eigenvalue weighted by atomic mass is 16.1. The molecule has 1 amide bonds. The summed E-state index contributed by atoms with van der Waals surface area (Å²) in [4.78, 5) is 12.0. The minimum atomic E-state index is 0.310. The summed E-state index contributed by atoms with van der Waals surface area (Å²) in [6.07, 6.45) is 9.75. The lowest BCUT2D eigenvalue weighted by atomic mass is 9.94. The van der Waals surface area contributed by atoms with Gasteiger partial charge in [0.25, 0.3) is 0 Å². The Balaban J connectivity index is 1.37. The van der Waals surface area contributed by atoms with Crippen molar-refractivity contribution in [1.29, 1.82) is 0 Å². The Kier molecular flexibility index (Phi) is 3.88. The average Bonchev–Trinajstić information content (AvgIpc) is 3.28. The van der Waals surface area contributed by atoms with Crippen molar-refractivity contribution in [3.05, 3.63) is 0 Å². The molecule has 3 heteroatoms. The number of carbonyl (C=O) groups excluding carboxylic acids is 1. The third-order valence-corrected chi connectivity index (χ3v) is 4.77. The molecule has 0 aromatic rings. The van der Waals surface area contributed by atoms with E-state index in [0.29, 0.717) is 11.9 Å². The second kappa shape index (κ2) is 5.60. The summed E-state index contributed by atoms with van der Waals surface area (Å²) in [7, 11) is 0. The third kappa shape index (κ3) is 3.47. The minimum absolute atomic E-state index is 0.310. The fourth-order valence-electron chi connectivity index (χ4n) is 3.29. The zero-order valence-electron chi connectivity index (χ0n) is 11.3. The molecule has 1 unspecified atom stereocenters. The smallest absolute Gasteiger partial charge is 0.220 e. The Bertz CT molecular complexity index is 279. The summed E-state index contributed by atoms with van der Waals surface area (Å²) in [5.74, 6) is 2.67. The van der Waals surface area contributed by atoms with Crippen LogP contribution in [-0.4, -0.2) is 25.0 Å². The van der Waals surface area contributed by atoms with Crippen LogP contribution in [0.1, 0.15) is 51.4 Å². The number of nitrogens with one attached hydrogen (secondary N) is 2. The first-order valence-electron chi connectivity index (χ1n) is 7.83. The molecule has 0 aromatic carbocycles. The Morgan fingerprint density at radius 3 is 2.44 bits per heavy atom. The van der Waals surface area contributed by atoms with Crippen molar-refractivity contribution in [1.82, 2.24) is 10.6 Å². The molecule has 0 spiro atoms. The van der Waals surface area contributed by atoms with Crippen LogP contribution in [0.15, 0.2) is 0 Å². The van der Waals surface area contributed by atoms with E-state index in [0.717, 1.165) is 43.7 Å². The maximum atomic E-state index is 12.0.